The number of carbonyl (C=O) groups is 1. The zero-order chi connectivity index (χ0) is 21.0. The van der Waals surface area contributed by atoms with E-state index >= 15 is 0 Å². The van der Waals surface area contributed by atoms with Crippen LogP contribution in [0.4, 0.5) is 22.0 Å². The van der Waals surface area contributed by atoms with Crippen LogP contribution in [0, 0.1) is 0 Å². The third-order valence-corrected chi connectivity index (χ3v) is 5.37. The monoisotopic (exact) mass is 414 g/mol. The van der Waals surface area contributed by atoms with Gasteiger partial charge in [0.05, 0.1) is 23.6 Å². The van der Waals surface area contributed by atoms with Crippen molar-refractivity contribution >= 4 is 34.1 Å². The Morgan fingerprint density at radius 2 is 2.10 bits per heavy atom. The van der Waals surface area contributed by atoms with Crippen LogP contribution >= 0.6 is 0 Å². The molecule has 1 aliphatic rings. The first-order valence-corrected chi connectivity index (χ1v) is 10.2. The molecule has 1 unspecified atom stereocenters. The molecule has 156 valence electrons. The minimum atomic E-state index is -0.125. The Morgan fingerprint density at radius 1 is 1.13 bits per heavy atom. The van der Waals surface area contributed by atoms with Crippen LogP contribution in [0.25, 0.3) is 10.9 Å². The average Bonchev–Trinajstić information content (AvgIpc) is 3.28. The molecule has 9 nitrogen and oxygen atoms in total. The highest BCUT2D eigenvalue weighted by Crippen LogP contribution is 2.26. The summed E-state index contributed by atoms with van der Waals surface area (Å²) in [6.07, 6.45) is 8.72. The molecule has 0 saturated carbocycles. The van der Waals surface area contributed by atoms with Crippen LogP contribution in [0.5, 0.6) is 0 Å². The maximum absolute atomic E-state index is 12.7. The van der Waals surface area contributed by atoms with Gasteiger partial charge in [-0.15, -0.1) is 0 Å². The van der Waals surface area contributed by atoms with Gasteiger partial charge in [0.2, 0.25) is 0 Å². The zero-order valence-corrected chi connectivity index (χ0v) is 16.8. The number of pyridine rings is 1. The highest BCUT2D eigenvalue weighted by Gasteiger charge is 2.26. The predicted octanol–water partition coefficient (Wildman–Crippen LogP) is 3.90. The molecule has 5 rings (SSSR count). The van der Waals surface area contributed by atoms with Crippen LogP contribution in [-0.2, 0) is 0 Å². The summed E-state index contributed by atoms with van der Waals surface area (Å²) in [5.74, 6) is 1.56. The topological polar surface area (TPSA) is 112 Å². The van der Waals surface area contributed by atoms with Crippen molar-refractivity contribution in [3.05, 3.63) is 67.0 Å². The van der Waals surface area contributed by atoms with Crippen molar-refractivity contribution in [3.63, 3.8) is 0 Å². The number of fused-ring (bicyclic) bond motifs is 1. The number of rotatable bonds is 4. The Morgan fingerprint density at radius 3 is 3.00 bits per heavy atom. The number of hydrogen-bond donors (Lipinski definition) is 3. The van der Waals surface area contributed by atoms with Crippen LogP contribution < -0.4 is 10.6 Å². The van der Waals surface area contributed by atoms with Gasteiger partial charge < -0.3 is 15.5 Å². The molecule has 0 bridgehead atoms. The number of aromatic amines is 1. The molecule has 1 aromatic carbocycles. The fourth-order valence-electron chi connectivity index (χ4n) is 3.82. The van der Waals surface area contributed by atoms with Crippen LogP contribution in [0.3, 0.4) is 0 Å². The molecule has 1 saturated heterocycles. The quantitative estimate of drug-likeness (QED) is 0.467. The average molecular weight is 414 g/mol. The normalized spacial score (nSPS) is 16.3. The second kappa shape index (κ2) is 8.39. The van der Waals surface area contributed by atoms with Crippen molar-refractivity contribution < 1.29 is 4.79 Å². The lowest BCUT2D eigenvalue weighted by Crippen LogP contribution is -2.42. The predicted molar refractivity (Wildman–Crippen MR) is 118 cm³/mol. The molecule has 2 amide bonds. The van der Waals surface area contributed by atoms with Gasteiger partial charge in [-0.25, -0.2) is 14.8 Å². The summed E-state index contributed by atoms with van der Waals surface area (Å²) >= 11 is 0. The van der Waals surface area contributed by atoms with Crippen molar-refractivity contribution in [2.24, 2.45) is 0 Å². The second-order valence-corrected chi connectivity index (χ2v) is 7.55. The van der Waals surface area contributed by atoms with E-state index in [0.29, 0.717) is 18.8 Å². The number of carbonyl (C=O) groups excluding carboxylic acids is 1. The highest BCUT2D eigenvalue weighted by molar-refractivity contribution is 5.89. The van der Waals surface area contributed by atoms with Crippen LogP contribution in [0.2, 0.25) is 0 Å². The number of nitrogens with zero attached hydrogens (tertiary/aromatic N) is 5. The van der Waals surface area contributed by atoms with E-state index in [-0.39, 0.29) is 11.9 Å². The first-order chi connectivity index (χ1) is 15.2. The van der Waals surface area contributed by atoms with E-state index < -0.39 is 0 Å². The molecule has 1 atom stereocenters. The zero-order valence-electron chi connectivity index (χ0n) is 16.8. The lowest BCUT2D eigenvalue weighted by molar-refractivity contribution is 0.191. The number of anilines is 3. The van der Waals surface area contributed by atoms with Crippen molar-refractivity contribution in [2.45, 2.75) is 18.8 Å². The van der Waals surface area contributed by atoms with E-state index in [0.717, 1.165) is 41.1 Å². The molecule has 3 N–H and O–H groups in total. The Bertz CT molecular complexity index is 1190. The van der Waals surface area contributed by atoms with Crippen molar-refractivity contribution in [1.82, 2.24) is 30.0 Å². The summed E-state index contributed by atoms with van der Waals surface area (Å²) in [4.78, 5) is 27.7. The van der Waals surface area contributed by atoms with Gasteiger partial charge in [0, 0.05) is 42.5 Å². The molecule has 31 heavy (non-hydrogen) atoms. The number of amides is 2. The minimum Gasteiger partial charge on any atom is -0.340 e. The molecule has 4 aromatic rings. The summed E-state index contributed by atoms with van der Waals surface area (Å²) < 4.78 is 0. The SMILES string of the molecule is O=C(Nc1cccnc1)N1CCCC(c2nccc(Nc3ccc4[nH]ncc4c3)n2)C1. The maximum atomic E-state index is 12.7. The lowest BCUT2D eigenvalue weighted by Gasteiger charge is -2.32. The second-order valence-electron chi connectivity index (χ2n) is 7.55. The van der Waals surface area contributed by atoms with E-state index in [2.05, 4.69) is 30.8 Å². The number of H-pyrrole nitrogens is 1. The maximum Gasteiger partial charge on any atom is 0.321 e. The summed E-state index contributed by atoms with van der Waals surface area (Å²) in [5.41, 5.74) is 2.60. The van der Waals surface area contributed by atoms with Gasteiger partial charge in [0.25, 0.3) is 0 Å². The van der Waals surface area contributed by atoms with Gasteiger partial charge in [-0.05, 0) is 49.2 Å². The van der Waals surface area contributed by atoms with Crippen LogP contribution in [-0.4, -0.2) is 49.2 Å². The number of likely N-dealkylation sites (tertiary alicyclic amines) is 1. The molecule has 9 heteroatoms. The fraction of sp³-hybridized carbons (Fsp3) is 0.227. The molecule has 4 heterocycles. The van der Waals surface area contributed by atoms with Gasteiger partial charge >= 0.3 is 6.03 Å². The molecule has 0 radical (unpaired) electrons. The Labute approximate surface area is 178 Å². The number of piperidine rings is 1. The smallest absolute Gasteiger partial charge is 0.321 e. The van der Waals surface area contributed by atoms with E-state index in [1.54, 1.807) is 30.9 Å². The largest absolute Gasteiger partial charge is 0.340 e. The third kappa shape index (κ3) is 4.30. The number of hydrogen-bond acceptors (Lipinski definition) is 6. The van der Waals surface area contributed by atoms with Gasteiger partial charge in [0.15, 0.2) is 0 Å². The number of aromatic nitrogens is 5. The molecular formula is C22H22N8O. The van der Waals surface area contributed by atoms with E-state index in [1.807, 2.05) is 35.2 Å². The third-order valence-electron chi connectivity index (χ3n) is 5.37. The minimum absolute atomic E-state index is 0.0894. The lowest BCUT2D eigenvalue weighted by atomic mass is 9.97. The standard InChI is InChI=1S/C22H22N8O/c31-22(27-18-4-1-8-23-13-18)30-10-2-3-15(14-30)21-24-9-7-20(28-21)26-17-5-6-19-16(11-17)12-25-29-19/h1,4-9,11-13,15H,2-3,10,14H2,(H,25,29)(H,27,31)(H,24,26,28). The van der Waals surface area contributed by atoms with Gasteiger partial charge in [-0.3, -0.25) is 10.1 Å². The first kappa shape index (κ1) is 19.0. The van der Waals surface area contributed by atoms with Gasteiger partial charge in [-0.1, -0.05) is 0 Å². The molecule has 3 aromatic heterocycles. The van der Waals surface area contributed by atoms with E-state index in [4.69, 9.17) is 4.98 Å². The number of urea groups is 1. The number of nitrogens with one attached hydrogen (secondary N) is 3. The summed E-state index contributed by atoms with van der Waals surface area (Å²) in [6, 6.07) is 11.3. The van der Waals surface area contributed by atoms with E-state index in [1.165, 1.54) is 0 Å². The molecule has 0 spiro atoms. The summed E-state index contributed by atoms with van der Waals surface area (Å²) in [7, 11) is 0. The molecule has 1 fully saturated rings. The Kier molecular flexibility index (Phi) is 5.14. The summed E-state index contributed by atoms with van der Waals surface area (Å²) in [6.45, 7) is 1.29. The van der Waals surface area contributed by atoms with Gasteiger partial charge in [-0.2, -0.15) is 5.10 Å². The van der Waals surface area contributed by atoms with Crippen molar-refractivity contribution in [3.8, 4) is 0 Å². The molecule has 1 aliphatic heterocycles. The Balaban J connectivity index is 1.27. The molecular weight excluding hydrogens is 392 g/mol. The van der Waals surface area contributed by atoms with E-state index in [9.17, 15) is 4.79 Å². The van der Waals surface area contributed by atoms with Gasteiger partial charge in [0.1, 0.15) is 11.6 Å². The Hall–Kier alpha value is -4.01. The molecule has 0 aliphatic carbocycles. The van der Waals surface area contributed by atoms with Crippen molar-refractivity contribution in [2.75, 3.05) is 23.7 Å². The summed E-state index contributed by atoms with van der Waals surface area (Å²) in [5, 5.41) is 14.3. The van der Waals surface area contributed by atoms with Crippen LogP contribution in [0.15, 0.2) is 61.2 Å². The van der Waals surface area contributed by atoms with Crippen LogP contribution in [0.1, 0.15) is 24.6 Å². The fourth-order valence-corrected chi connectivity index (χ4v) is 3.82. The number of benzene rings is 1. The first-order valence-electron chi connectivity index (χ1n) is 10.2. The highest BCUT2D eigenvalue weighted by atomic mass is 16.2. The van der Waals surface area contributed by atoms with Crippen molar-refractivity contribution in [1.29, 1.82) is 0 Å².